The van der Waals surface area contributed by atoms with E-state index in [-0.39, 0.29) is 6.04 Å². The minimum Gasteiger partial charge on any atom is -0.486 e. The van der Waals surface area contributed by atoms with E-state index in [1.807, 2.05) is 18.2 Å². The summed E-state index contributed by atoms with van der Waals surface area (Å²) in [6.07, 6.45) is 0.930. The number of rotatable bonds is 2. The van der Waals surface area contributed by atoms with Gasteiger partial charge < -0.3 is 15.2 Å². The van der Waals surface area contributed by atoms with Crippen LogP contribution >= 0.6 is 0 Å². The number of benzene rings is 1. The van der Waals surface area contributed by atoms with Gasteiger partial charge in [-0.15, -0.1) is 0 Å². The van der Waals surface area contributed by atoms with E-state index in [0.717, 1.165) is 23.5 Å². The molecule has 0 amide bonds. The van der Waals surface area contributed by atoms with Gasteiger partial charge in [0.2, 0.25) is 0 Å². The number of ether oxygens (including phenoxy) is 2. The zero-order valence-electron chi connectivity index (χ0n) is 8.32. The summed E-state index contributed by atoms with van der Waals surface area (Å²) in [7, 11) is 0. The van der Waals surface area contributed by atoms with Gasteiger partial charge in [0.1, 0.15) is 13.2 Å². The van der Waals surface area contributed by atoms with Crippen LogP contribution in [0, 0.1) is 0 Å². The second kappa shape index (κ2) is 3.88. The van der Waals surface area contributed by atoms with Crippen molar-refractivity contribution in [1.29, 1.82) is 0 Å². The molecule has 0 fully saturated rings. The summed E-state index contributed by atoms with van der Waals surface area (Å²) in [5.74, 6) is 1.64. The Morgan fingerprint density at radius 2 is 2.00 bits per heavy atom. The molecule has 1 aliphatic heterocycles. The van der Waals surface area contributed by atoms with Crippen LogP contribution in [0.2, 0.25) is 0 Å². The van der Waals surface area contributed by atoms with Gasteiger partial charge in [-0.2, -0.15) is 0 Å². The second-order valence-corrected chi connectivity index (χ2v) is 3.42. The van der Waals surface area contributed by atoms with Crippen molar-refractivity contribution in [3.8, 4) is 11.5 Å². The molecule has 1 atom stereocenters. The summed E-state index contributed by atoms with van der Waals surface area (Å²) >= 11 is 0. The molecular weight excluding hydrogens is 178 g/mol. The van der Waals surface area contributed by atoms with Crippen molar-refractivity contribution in [2.24, 2.45) is 5.73 Å². The molecule has 0 saturated heterocycles. The Kier molecular flexibility index (Phi) is 2.59. The Morgan fingerprint density at radius 3 is 2.71 bits per heavy atom. The van der Waals surface area contributed by atoms with Gasteiger partial charge in [-0.05, 0) is 24.1 Å². The molecule has 0 aliphatic carbocycles. The minimum atomic E-state index is 0.0887. The van der Waals surface area contributed by atoms with Crippen molar-refractivity contribution in [2.45, 2.75) is 19.4 Å². The first-order valence-electron chi connectivity index (χ1n) is 4.96. The van der Waals surface area contributed by atoms with Crippen LogP contribution < -0.4 is 15.2 Å². The highest BCUT2D eigenvalue weighted by molar-refractivity contribution is 5.44. The van der Waals surface area contributed by atoms with Gasteiger partial charge in [-0.3, -0.25) is 0 Å². The predicted molar refractivity (Wildman–Crippen MR) is 54.7 cm³/mol. The highest BCUT2D eigenvalue weighted by Crippen LogP contribution is 2.32. The Labute approximate surface area is 83.8 Å². The number of hydrogen-bond donors (Lipinski definition) is 1. The summed E-state index contributed by atoms with van der Waals surface area (Å²) in [6, 6.07) is 6.00. The Balaban J connectivity index is 2.29. The molecule has 0 radical (unpaired) electrons. The van der Waals surface area contributed by atoms with E-state index in [2.05, 4.69) is 6.92 Å². The highest BCUT2D eigenvalue weighted by atomic mass is 16.6. The molecule has 1 aliphatic rings. The van der Waals surface area contributed by atoms with E-state index in [9.17, 15) is 0 Å². The van der Waals surface area contributed by atoms with Crippen LogP contribution in [0.15, 0.2) is 18.2 Å². The van der Waals surface area contributed by atoms with Crippen LogP contribution in [-0.2, 0) is 0 Å². The van der Waals surface area contributed by atoms with Crippen LogP contribution in [-0.4, -0.2) is 13.2 Å². The van der Waals surface area contributed by atoms with Crippen LogP contribution in [0.4, 0.5) is 0 Å². The number of nitrogens with two attached hydrogens (primary N) is 1. The van der Waals surface area contributed by atoms with Crippen LogP contribution in [0.3, 0.4) is 0 Å². The van der Waals surface area contributed by atoms with Crippen molar-refractivity contribution < 1.29 is 9.47 Å². The molecule has 0 spiro atoms. The van der Waals surface area contributed by atoms with E-state index >= 15 is 0 Å². The largest absolute Gasteiger partial charge is 0.486 e. The lowest BCUT2D eigenvalue weighted by atomic mass is 10.0. The number of hydrogen-bond acceptors (Lipinski definition) is 3. The van der Waals surface area contributed by atoms with Crippen LogP contribution in [0.1, 0.15) is 24.9 Å². The molecule has 0 unspecified atom stereocenters. The molecule has 0 aromatic heterocycles. The fourth-order valence-corrected chi connectivity index (χ4v) is 1.53. The maximum absolute atomic E-state index is 5.93. The van der Waals surface area contributed by atoms with Crippen LogP contribution in [0.25, 0.3) is 0 Å². The van der Waals surface area contributed by atoms with Crippen LogP contribution in [0.5, 0.6) is 11.5 Å². The summed E-state index contributed by atoms with van der Waals surface area (Å²) in [4.78, 5) is 0. The minimum absolute atomic E-state index is 0.0887. The van der Waals surface area contributed by atoms with Gasteiger partial charge in [-0.25, -0.2) is 0 Å². The van der Waals surface area contributed by atoms with Gasteiger partial charge in [0.25, 0.3) is 0 Å². The fraction of sp³-hybridized carbons (Fsp3) is 0.455. The lowest BCUT2D eigenvalue weighted by Gasteiger charge is -2.20. The summed E-state index contributed by atoms with van der Waals surface area (Å²) in [5.41, 5.74) is 7.04. The third kappa shape index (κ3) is 1.68. The highest BCUT2D eigenvalue weighted by Gasteiger charge is 2.13. The molecule has 0 bridgehead atoms. The van der Waals surface area contributed by atoms with Crippen molar-refractivity contribution >= 4 is 0 Å². The van der Waals surface area contributed by atoms with Crippen molar-refractivity contribution in [3.05, 3.63) is 23.8 Å². The third-order valence-corrected chi connectivity index (χ3v) is 2.43. The molecule has 0 saturated carbocycles. The third-order valence-electron chi connectivity index (χ3n) is 2.43. The quantitative estimate of drug-likeness (QED) is 0.779. The topological polar surface area (TPSA) is 44.5 Å². The standard InChI is InChI=1S/C11H15NO2/c1-2-9(12)8-3-4-10-11(7-8)14-6-5-13-10/h3-4,7,9H,2,5-6,12H2,1H3/t9-/m0/s1. The lowest BCUT2D eigenvalue weighted by molar-refractivity contribution is 0.171. The molecule has 1 heterocycles. The van der Waals surface area contributed by atoms with Gasteiger partial charge in [0.05, 0.1) is 0 Å². The van der Waals surface area contributed by atoms with Crippen molar-refractivity contribution in [3.63, 3.8) is 0 Å². The van der Waals surface area contributed by atoms with E-state index < -0.39 is 0 Å². The zero-order valence-corrected chi connectivity index (χ0v) is 8.32. The van der Waals surface area contributed by atoms with Gasteiger partial charge in [0, 0.05) is 6.04 Å². The van der Waals surface area contributed by atoms with Crippen molar-refractivity contribution in [2.75, 3.05) is 13.2 Å². The smallest absolute Gasteiger partial charge is 0.161 e. The average Bonchev–Trinajstić information content (AvgIpc) is 2.27. The monoisotopic (exact) mass is 193 g/mol. The molecule has 2 N–H and O–H groups in total. The molecule has 1 aromatic carbocycles. The fourth-order valence-electron chi connectivity index (χ4n) is 1.53. The van der Waals surface area contributed by atoms with Gasteiger partial charge in [-0.1, -0.05) is 13.0 Å². The maximum Gasteiger partial charge on any atom is 0.161 e. The molecule has 76 valence electrons. The Morgan fingerprint density at radius 1 is 1.29 bits per heavy atom. The molecular formula is C11H15NO2. The predicted octanol–water partition coefficient (Wildman–Crippen LogP) is 1.87. The second-order valence-electron chi connectivity index (χ2n) is 3.42. The SMILES string of the molecule is CC[C@H](N)c1ccc2c(c1)OCCO2. The summed E-state index contributed by atoms with van der Waals surface area (Å²) < 4.78 is 10.9. The first kappa shape index (κ1) is 9.34. The molecule has 14 heavy (non-hydrogen) atoms. The molecule has 3 nitrogen and oxygen atoms in total. The molecule has 2 rings (SSSR count). The van der Waals surface area contributed by atoms with E-state index in [1.54, 1.807) is 0 Å². The van der Waals surface area contributed by atoms with E-state index in [1.165, 1.54) is 0 Å². The summed E-state index contributed by atoms with van der Waals surface area (Å²) in [6.45, 7) is 3.32. The van der Waals surface area contributed by atoms with Crippen molar-refractivity contribution in [1.82, 2.24) is 0 Å². The van der Waals surface area contributed by atoms with E-state index in [4.69, 9.17) is 15.2 Å². The molecule has 3 heteroatoms. The average molecular weight is 193 g/mol. The van der Waals surface area contributed by atoms with Gasteiger partial charge in [0.15, 0.2) is 11.5 Å². The maximum atomic E-state index is 5.93. The Hall–Kier alpha value is -1.22. The van der Waals surface area contributed by atoms with Gasteiger partial charge >= 0.3 is 0 Å². The Bertz CT molecular complexity index is 325. The summed E-state index contributed by atoms with van der Waals surface area (Å²) in [5, 5.41) is 0. The van der Waals surface area contributed by atoms with E-state index in [0.29, 0.717) is 13.2 Å². The number of fused-ring (bicyclic) bond motifs is 1. The first-order chi connectivity index (χ1) is 6.81. The lowest BCUT2D eigenvalue weighted by Crippen LogP contribution is -2.16. The first-order valence-corrected chi connectivity index (χ1v) is 4.96. The zero-order chi connectivity index (χ0) is 9.97. The normalized spacial score (nSPS) is 16.4. The molecule has 1 aromatic rings.